The maximum Gasteiger partial charge on any atom is 0.331 e. The zero-order chi connectivity index (χ0) is 23.2. The minimum Gasteiger partial charge on any atom is -0.458 e. The van der Waals surface area contributed by atoms with E-state index in [-0.39, 0.29) is 17.9 Å². The number of carbonyl (C=O) groups is 2. The molecule has 1 aromatic carbocycles. The predicted molar refractivity (Wildman–Crippen MR) is 120 cm³/mol. The standard InChI is InChI=1S/C22H36N4O5/c1-21(2,3)30-14-18(20(28)31-22(4,5)6)24-19(27)16-13-15(7-8-17(16)25-29)26-11-9-23-10-12-26/h7-8,13,18,23,25,29H,9-12,14H2,1-6H3,(H,24,27). The van der Waals surface area contributed by atoms with Gasteiger partial charge in [0.15, 0.2) is 6.04 Å². The molecule has 1 heterocycles. The topological polar surface area (TPSA) is 112 Å². The van der Waals surface area contributed by atoms with Gasteiger partial charge < -0.3 is 25.0 Å². The quantitative estimate of drug-likeness (QED) is 0.380. The third-order valence-electron chi connectivity index (χ3n) is 4.53. The van der Waals surface area contributed by atoms with E-state index < -0.39 is 29.1 Å². The number of amides is 1. The molecule has 0 radical (unpaired) electrons. The van der Waals surface area contributed by atoms with Crippen LogP contribution in [0.3, 0.4) is 0 Å². The molecule has 9 nitrogen and oxygen atoms in total. The molecule has 174 valence electrons. The third-order valence-corrected chi connectivity index (χ3v) is 4.53. The monoisotopic (exact) mass is 436 g/mol. The molecule has 1 atom stereocenters. The van der Waals surface area contributed by atoms with Gasteiger partial charge in [0.1, 0.15) is 5.60 Å². The molecule has 0 aromatic heterocycles. The van der Waals surface area contributed by atoms with Gasteiger partial charge in [-0.1, -0.05) is 0 Å². The fraction of sp³-hybridized carbons (Fsp3) is 0.636. The van der Waals surface area contributed by atoms with Crippen molar-refractivity contribution in [2.45, 2.75) is 58.8 Å². The van der Waals surface area contributed by atoms with Crippen molar-refractivity contribution in [2.75, 3.05) is 43.2 Å². The average Bonchev–Trinajstić information content (AvgIpc) is 2.69. The van der Waals surface area contributed by atoms with Crippen molar-refractivity contribution in [1.82, 2.24) is 10.6 Å². The maximum atomic E-state index is 13.1. The highest BCUT2D eigenvalue weighted by molar-refractivity contribution is 6.02. The summed E-state index contributed by atoms with van der Waals surface area (Å²) in [5.41, 5.74) is 2.20. The summed E-state index contributed by atoms with van der Waals surface area (Å²) in [6.45, 7) is 14.2. The van der Waals surface area contributed by atoms with Crippen LogP contribution in [0.4, 0.5) is 11.4 Å². The summed E-state index contributed by atoms with van der Waals surface area (Å²) in [6.07, 6.45) is 0. The molecule has 9 heteroatoms. The number of nitrogens with zero attached hydrogens (tertiary/aromatic N) is 1. The van der Waals surface area contributed by atoms with Crippen molar-refractivity contribution in [2.24, 2.45) is 0 Å². The third kappa shape index (κ3) is 8.01. The number of ether oxygens (including phenoxy) is 2. The van der Waals surface area contributed by atoms with E-state index in [1.807, 2.05) is 26.8 Å². The van der Waals surface area contributed by atoms with Gasteiger partial charge >= 0.3 is 5.97 Å². The summed E-state index contributed by atoms with van der Waals surface area (Å²) < 4.78 is 11.2. The zero-order valence-corrected chi connectivity index (χ0v) is 19.4. The first-order chi connectivity index (χ1) is 14.4. The Morgan fingerprint density at radius 3 is 2.32 bits per heavy atom. The van der Waals surface area contributed by atoms with Crippen LogP contribution in [0.15, 0.2) is 18.2 Å². The summed E-state index contributed by atoms with van der Waals surface area (Å²) in [5, 5.41) is 15.5. The Morgan fingerprint density at radius 1 is 1.13 bits per heavy atom. The highest BCUT2D eigenvalue weighted by Crippen LogP contribution is 2.24. The van der Waals surface area contributed by atoms with Crippen LogP contribution in [0, 0.1) is 0 Å². The molecule has 1 aliphatic heterocycles. The van der Waals surface area contributed by atoms with Crippen LogP contribution in [-0.2, 0) is 14.3 Å². The van der Waals surface area contributed by atoms with Gasteiger partial charge in [0, 0.05) is 31.9 Å². The fourth-order valence-electron chi connectivity index (χ4n) is 3.05. The molecule has 1 aliphatic rings. The number of carbonyl (C=O) groups excluding carboxylic acids is 2. The van der Waals surface area contributed by atoms with Crippen molar-refractivity contribution < 1.29 is 24.3 Å². The second-order valence-corrected chi connectivity index (χ2v) is 9.56. The molecular weight excluding hydrogens is 400 g/mol. The normalized spacial score (nSPS) is 15.9. The highest BCUT2D eigenvalue weighted by atomic mass is 16.6. The lowest BCUT2D eigenvalue weighted by Gasteiger charge is -2.30. The Bertz CT molecular complexity index is 764. The fourth-order valence-corrected chi connectivity index (χ4v) is 3.05. The van der Waals surface area contributed by atoms with Crippen LogP contribution in [0.1, 0.15) is 51.9 Å². The average molecular weight is 437 g/mol. The molecular formula is C22H36N4O5. The Kier molecular flexibility index (Phi) is 8.27. The lowest BCUT2D eigenvalue weighted by molar-refractivity contribution is -0.160. The second-order valence-electron chi connectivity index (χ2n) is 9.56. The van der Waals surface area contributed by atoms with Crippen LogP contribution in [0.25, 0.3) is 0 Å². The minimum atomic E-state index is -1.000. The van der Waals surface area contributed by atoms with Crippen molar-refractivity contribution in [3.63, 3.8) is 0 Å². The summed E-state index contributed by atoms with van der Waals surface area (Å²) >= 11 is 0. The molecule has 2 rings (SSSR count). The molecule has 0 spiro atoms. The van der Waals surface area contributed by atoms with Crippen molar-refractivity contribution in [1.29, 1.82) is 0 Å². The van der Waals surface area contributed by atoms with Crippen molar-refractivity contribution in [3.05, 3.63) is 23.8 Å². The first-order valence-corrected chi connectivity index (χ1v) is 10.6. The summed E-state index contributed by atoms with van der Waals surface area (Å²) in [6, 6.07) is 4.19. The van der Waals surface area contributed by atoms with Gasteiger partial charge in [-0.3, -0.25) is 15.5 Å². The number of piperazine rings is 1. The van der Waals surface area contributed by atoms with Crippen LogP contribution >= 0.6 is 0 Å². The van der Waals surface area contributed by atoms with Gasteiger partial charge in [0.2, 0.25) is 0 Å². The van der Waals surface area contributed by atoms with Crippen LogP contribution in [-0.4, -0.2) is 67.1 Å². The molecule has 0 saturated carbocycles. The van der Waals surface area contributed by atoms with Gasteiger partial charge in [0.25, 0.3) is 5.91 Å². The maximum absolute atomic E-state index is 13.1. The molecule has 0 aliphatic carbocycles. The molecule has 4 N–H and O–H groups in total. The Hall–Kier alpha value is -2.36. The first-order valence-electron chi connectivity index (χ1n) is 10.6. The highest BCUT2D eigenvalue weighted by Gasteiger charge is 2.29. The lowest BCUT2D eigenvalue weighted by atomic mass is 10.1. The Balaban J connectivity index is 2.24. The Morgan fingerprint density at radius 2 is 1.77 bits per heavy atom. The van der Waals surface area contributed by atoms with E-state index in [2.05, 4.69) is 21.0 Å². The second kappa shape index (κ2) is 10.3. The van der Waals surface area contributed by atoms with Crippen LogP contribution in [0.5, 0.6) is 0 Å². The van der Waals surface area contributed by atoms with E-state index in [0.717, 1.165) is 31.9 Å². The van der Waals surface area contributed by atoms with E-state index in [1.165, 1.54) is 0 Å². The van der Waals surface area contributed by atoms with Crippen LogP contribution in [0.2, 0.25) is 0 Å². The number of hydrogen-bond acceptors (Lipinski definition) is 8. The van der Waals surface area contributed by atoms with Crippen molar-refractivity contribution in [3.8, 4) is 0 Å². The van der Waals surface area contributed by atoms with Gasteiger partial charge in [-0.05, 0) is 59.7 Å². The van der Waals surface area contributed by atoms with E-state index >= 15 is 0 Å². The number of benzene rings is 1. The molecule has 1 fully saturated rings. The van der Waals surface area contributed by atoms with Gasteiger partial charge in [-0.15, -0.1) is 0 Å². The zero-order valence-electron chi connectivity index (χ0n) is 19.4. The van der Waals surface area contributed by atoms with Crippen molar-refractivity contribution >= 4 is 23.3 Å². The van der Waals surface area contributed by atoms with Gasteiger partial charge in [-0.25, -0.2) is 4.79 Å². The number of hydrogen-bond donors (Lipinski definition) is 4. The molecule has 0 bridgehead atoms. The number of nitrogens with one attached hydrogen (secondary N) is 3. The largest absolute Gasteiger partial charge is 0.458 e. The minimum absolute atomic E-state index is 0.0382. The molecule has 1 saturated heterocycles. The van der Waals surface area contributed by atoms with Gasteiger partial charge in [-0.2, -0.15) is 0 Å². The van der Waals surface area contributed by atoms with E-state index in [4.69, 9.17) is 9.47 Å². The summed E-state index contributed by atoms with van der Waals surface area (Å²) in [7, 11) is 0. The van der Waals surface area contributed by atoms with Crippen LogP contribution < -0.4 is 21.0 Å². The molecule has 1 aromatic rings. The lowest BCUT2D eigenvalue weighted by Crippen LogP contribution is -2.48. The predicted octanol–water partition coefficient (Wildman–Crippen LogP) is 2.15. The smallest absolute Gasteiger partial charge is 0.331 e. The van der Waals surface area contributed by atoms with E-state index in [1.54, 1.807) is 32.9 Å². The Labute approximate surface area is 184 Å². The summed E-state index contributed by atoms with van der Waals surface area (Å²) in [5.74, 6) is -1.09. The number of esters is 1. The molecule has 31 heavy (non-hydrogen) atoms. The summed E-state index contributed by atoms with van der Waals surface area (Å²) in [4.78, 5) is 28.0. The van der Waals surface area contributed by atoms with Gasteiger partial charge in [0.05, 0.1) is 23.5 Å². The SMILES string of the molecule is CC(C)(C)OCC(NC(=O)c1cc(N2CCNCC2)ccc1NO)C(=O)OC(C)(C)C. The van der Waals surface area contributed by atoms with E-state index in [0.29, 0.717) is 0 Å². The molecule has 1 unspecified atom stereocenters. The molecule has 1 amide bonds. The number of rotatable bonds is 7. The first kappa shape index (κ1) is 24.9. The van der Waals surface area contributed by atoms with E-state index in [9.17, 15) is 14.8 Å². The number of anilines is 2.